The Hall–Kier alpha value is -1.88. The van der Waals surface area contributed by atoms with Gasteiger partial charge < -0.3 is 10.8 Å². The number of amides is 1. The number of hydrogen-bond acceptors (Lipinski definition) is 4. The first kappa shape index (κ1) is 17.2. The minimum Gasteiger partial charge on any atom is -0.395 e. The molecule has 0 unspecified atom stereocenters. The highest BCUT2D eigenvalue weighted by Gasteiger charge is 2.24. The highest BCUT2D eigenvalue weighted by molar-refractivity contribution is 7.89. The van der Waals surface area contributed by atoms with Crippen LogP contribution in [0.4, 0.5) is 0 Å². The number of aryl methyl sites for hydroxylation is 1. The Morgan fingerprint density at radius 3 is 2.67 bits per heavy atom. The second-order valence-electron chi connectivity index (χ2n) is 4.48. The number of carbonyl (C=O) groups excluding carboxylic acids is 1. The second-order valence-corrected chi connectivity index (χ2v) is 6.50. The van der Waals surface area contributed by atoms with E-state index < -0.39 is 15.9 Å². The summed E-state index contributed by atoms with van der Waals surface area (Å²) in [4.78, 5) is 11.0. The van der Waals surface area contributed by atoms with E-state index in [1.165, 1.54) is 13.1 Å². The largest absolute Gasteiger partial charge is 0.395 e. The molecule has 6 nitrogen and oxygen atoms in total. The fourth-order valence-electron chi connectivity index (χ4n) is 1.65. The fraction of sp³-hybridized carbons (Fsp3) is 0.357. The maximum atomic E-state index is 12.4. The summed E-state index contributed by atoms with van der Waals surface area (Å²) in [7, 11) is -2.51. The van der Waals surface area contributed by atoms with Crippen molar-refractivity contribution in [2.75, 3.05) is 20.2 Å². The fourth-order valence-corrected chi connectivity index (χ4v) is 3.03. The molecule has 0 saturated carbocycles. The Bertz CT molecular complexity index is 687. The highest BCUT2D eigenvalue weighted by Crippen LogP contribution is 2.20. The number of nitrogens with two attached hydrogens (primary N) is 1. The highest BCUT2D eigenvalue weighted by atomic mass is 32.2. The molecule has 0 aromatic heterocycles. The van der Waals surface area contributed by atoms with E-state index in [1.807, 2.05) is 0 Å². The molecule has 0 radical (unpaired) electrons. The van der Waals surface area contributed by atoms with Gasteiger partial charge in [-0.15, -0.1) is 0 Å². The van der Waals surface area contributed by atoms with Crippen LogP contribution in [0, 0.1) is 18.8 Å². The Labute approximate surface area is 124 Å². The number of hydrogen-bond donors (Lipinski definition) is 2. The summed E-state index contributed by atoms with van der Waals surface area (Å²) in [5.41, 5.74) is 6.11. The number of sulfonamides is 1. The third-order valence-electron chi connectivity index (χ3n) is 2.72. The number of carbonyl (C=O) groups is 1. The minimum absolute atomic E-state index is 0.0502. The van der Waals surface area contributed by atoms with Crippen molar-refractivity contribution in [2.24, 2.45) is 5.73 Å². The lowest BCUT2D eigenvalue weighted by Gasteiger charge is -2.17. The number of primary amides is 1. The summed E-state index contributed by atoms with van der Waals surface area (Å²) in [5, 5.41) is 8.68. The monoisotopic (exact) mass is 310 g/mol. The molecule has 0 aliphatic rings. The smallest absolute Gasteiger partial charge is 0.243 e. The lowest BCUT2D eigenvalue weighted by Crippen LogP contribution is -2.35. The normalized spacial score (nSPS) is 11.0. The summed E-state index contributed by atoms with van der Waals surface area (Å²) >= 11 is 0. The molecule has 0 aliphatic carbocycles. The van der Waals surface area contributed by atoms with E-state index in [2.05, 4.69) is 11.8 Å². The molecule has 21 heavy (non-hydrogen) atoms. The number of benzene rings is 1. The van der Waals surface area contributed by atoms with Gasteiger partial charge in [-0.25, -0.2) is 8.42 Å². The van der Waals surface area contributed by atoms with Crippen molar-refractivity contribution >= 4 is 15.9 Å². The summed E-state index contributed by atoms with van der Waals surface area (Å²) in [6, 6.07) is 4.80. The van der Waals surface area contributed by atoms with Gasteiger partial charge in [0.2, 0.25) is 15.9 Å². The number of aliphatic hydroxyl groups is 1. The molecule has 7 heteroatoms. The molecule has 3 N–H and O–H groups in total. The average Bonchev–Trinajstić information content (AvgIpc) is 2.40. The Balaban J connectivity index is 3.20. The van der Waals surface area contributed by atoms with Gasteiger partial charge in [0.25, 0.3) is 0 Å². The van der Waals surface area contributed by atoms with Crippen molar-refractivity contribution in [1.82, 2.24) is 4.31 Å². The maximum Gasteiger partial charge on any atom is 0.243 e. The predicted octanol–water partition coefficient (Wildman–Crippen LogP) is -0.165. The minimum atomic E-state index is -3.80. The molecule has 0 fully saturated rings. The predicted molar refractivity (Wildman–Crippen MR) is 78.8 cm³/mol. The number of nitrogens with zero attached hydrogens (tertiary/aromatic N) is 1. The average molecular weight is 310 g/mol. The van der Waals surface area contributed by atoms with E-state index in [0.29, 0.717) is 17.5 Å². The summed E-state index contributed by atoms with van der Waals surface area (Å²) in [6.07, 6.45) is 0.317. The Kier molecular flexibility index (Phi) is 5.90. The lowest BCUT2D eigenvalue weighted by molar-refractivity contribution is -0.118. The van der Waals surface area contributed by atoms with Crippen molar-refractivity contribution in [3.8, 4) is 11.8 Å². The molecule has 1 aromatic rings. The molecule has 1 rings (SSSR count). The topological polar surface area (TPSA) is 101 Å². The maximum absolute atomic E-state index is 12.4. The molecule has 0 bridgehead atoms. The van der Waals surface area contributed by atoms with Gasteiger partial charge in [0, 0.05) is 19.0 Å². The quantitative estimate of drug-likeness (QED) is 0.738. The van der Waals surface area contributed by atoms with E-state index >= 15 is 0 Å². The number of likely N-dealkylation sites (N-methyl/N-ethyl adjacent to an activating group) is 1. The van der Waals surface area contributed by atoms with Gasteiger partial charge >= 0.3 is 0 Å². The van der Waals surface area contributed by atoms with Gasteiger partial charge in [0.05, 0.1) is 18.0 Å². The van der Waals surface area contributed by atoms with Gasteiger partial charge in [-0.3, -0.25) is 4.79 Å². The van der Waals surface area contributed by atoms with Gasteiger partial charge in [0.15, 0.2) is 0 Å². The van der Waals surface area contributed by atoms with Crippen LogP contribution >= 0.6 is 0 Å². The van der Waals surface area contributed by atoms with E-state index in [4.69, 9.17) is 10.8 Å². The first-order valence-corrected chi connectivity index (χ1v) is 7.68. The summed E-state index contributed by atoms with van der Waals surface area (Å²) < 4.78 is 25.7. The first-order chi connectivity index (χ1) is 9.78. The van der Waals surface area contributed by atoms with Crippen LogP contribution in [-0.4, -0.2) is 43.9 Å². The van der Waals surface area contributed by atoms with Crippen LogP contribution in [0.15, 0.2) is 23.1 Å². The van der Waals surface area contributed by atoms with Crippen LogP contribution in [0.5, 0.6) is 0 Å². The molecule has 0 atom stereocenters. The Morgan fingerprint density at radius 1 is 1.43 bits per heavy atom. The van der Waals surface area contributed by atoms with Crippen molar-refractivity contribution < 1.29 is 18.3 Å². The van der Waals surface area contributed by atoms with Crippen LogP contribution in [0.1, 0.15) is 17.5 Å². The van der Waals surface area contributed by atoms with Gasteiger partial charge in [0.1, 0.15) is 0 Å². The van der Waals surface area contributed by atoms with Crippen molar-refractivity contribution in [3.63, 3.8) is 0 Å². The summed E-state index contributed by atoms with van der Waals surface area (Å²) in [5.74, 6) is 4.78. The van der Waals surface area contributed by atoms with Crippen LogP contribution in [-0.2, 0) is 14.8 Å². The molecule has 0 saturated heterocycles. The zero-order valence-corrected chi connectivity index (χ0v) is 12.8. The van der Waals surface area contributed by atoms with Gasteiger partial charge in [-0.05, 0) is 24.6 Å². The molecule has 0 spiro atoms. The summed E-state index contributed by atoms with van der Waals surface area (Å²) in [6.45, 7) is 1.23. The van der Waals surface area contributed by atoms with Crippen LogP contribution in [0.25, 0.3) is 0 Å². The molecule has 1 aromatic carbocycles. The first-order valence-electron chi connectivity index (χ1n) is 6.24. The molecule has 1 amide bonds. The Morgan fingerprint density at radius 2 is 2.10 bits per heavy atom. The number of rotatable bonds is 5. The molecule has 114 valence electrons. The second kappa shape index (κ2) is 7.22. The number of aliphatic hydroxyl groups excluding tert-OH is 1. The zero-order chi connectivity index (χ0) is 16.0. The van der Waals surface area contributed by atoms with Crippen molar-refractivity contribution in [1.29, 1.82) is 0 Å². The molecular weight excluding hydrogens is 292 g/mol. The van der Waals surface area contributed by atoms with Crippen LogP contribution in [0.2, 0.25) is 0 Å². The van der Waals surface area contributed by atoms with E-state index in [-0.39, 0.29) is 18.0 Å². The van der Waals surface area contributed by atoms with Gasteiger partial charge in [-0.2, -0.15) is 4.31 Å². The third kappa shape index (κ3) is 4.56. The third-order valence-corrected chi connectivity index (χ3v) is 4.67. The van der Waals surface area contributed by atoms with Crippen molar-refractivity contribution in [2.45, 2.75) is 18.2 Å². The van der Waals surface area contributed by atoms with E-state index in [0.717, 1.165) is 4.31 Å². The SMILES string of the molecule is Cc1ccc(C#CCCO)cc1S(=O)(=O)N(C)CC(N)=O. The van der Waals surface area contributed by atoms with Crippen molar-refractivity contribution in [3.05, 3.63) is 29.3 Å². The van der Waals surface area contributed by atoms with Crippen LogP contribution in [0.3, 0.4) is 0 Å². The molecular formula is C14H18N2O4S. The van der Waals surface area contributed by atoms with E-state index in [9.17, 15) is 13.2 Å². The van der Waals surface area contributed by atoms with Gasteiger partial charge in [-0.1, -0.05) is 17.9 Å². The van der Waals surface area contributed by atoms with E-state index in [1.54, 1.807) is 19.1 Å². The standard InChI is InChI=1S/C14H18N2O4S/c1-11-6-7-12(5-3-4-8-17)9-13(11)21(19,20)16(2)10-14(15)18/h6-7,9,17H,4,8,10H2,1-2H3,(H2,15,18). The molecule has 0 aliphatic heterocycles. The zero-order valence-electron chi connectivity index (χ0n) is 12.0. The molecule has 0 heterocycles. The lowest BCUT2D eigenvalue weighted by atomic mass is 10.1. The van der Waals surface area contributed by atoms with Crippen LogP contribution < -0.4 is 5.73 Å².